The van der Waals surface area contributed by atoms with Crippen LogP contribution in [0.25, 0.3) is 0 Å². The average molecular weight is 374 g/mol. The number of para-hydroxylation sites is 1. The lowest BCUT2D eigenvalue weighted by Crippen LogP contribution is -2.37. The average Bonchev–Trinajstić information content (AvgIpc) is 3.07. The molecule has 2 aromatic carbocycles. The Morgan fingerprint density at radius 2 is 1.96 bits per heavy atom. The molecular formula is C18H16ClN3O4. The maximum absolute atomic E-state index is 12.5. The first-order valence-electron chi connectivity index (χ1n) is 7.91. The van der Waals surface area contributed by atoms with Gasteiger partial charge in [0, 0.05) is 23.8 Å². The second-order valence-corrected chi connectivity index (χ2v) is 5.96. The van der Waals surface area contributed by atoms with Crippen LogP contribution in [0.15, 0.2) is 48.5 Å². The molecule has 1 saturated heterocycles. The standard InChI is InChI=1S/C18H16ClN3O4/c19-12-6-7-15(26-11-16(23)22-9-8-20-18(22)25)14(10-12)17(24)21-13-4-2-1-3-5-13/h1-7,10H,8-9,11H2,(H,20,25)(H,21,24). The molecule has 0 spiro atoms. The van der Waals surface area contributed by atoms with Crippen LogP contribution in [-0.2, 0) is 4.79 Å². The molecule has 3 rings (SSSR count). The van der Waals surface area contributed by atoms with E-state index in [9.17, 15) is 14.4 Å². The molecule has 8 heteroatoms. The lowest BCUT2D eigenvalue weighted by molar-refractivity contribution is -0.129. The van der Waals surface area contributed by atoms with Gasteiger partial charge in [-0.1, -0.05) is 29.8 Å². The van der Waals surface area contributed by atoms with E-state index in [0.717, 1.165) is 4.90 Å². The highest BCUT2D eigenvalue weighted by Crippen LogP contribution is 2.24. The summed E-state index contributed by atoms with van der Waals surface area (Å²) < 4.78 is 5.48. The molecule has 1 aliphatic heterocycles. The number of rotatable bonds is 5. The number of nitrogens with one attached hydrogen (secondary N) is 2. The predicted molar refractivity (Wildman–Crippen MR) is 96.5 cm³/mol. The highest BCUT2D eigenvalue weighted by atomic mass is 35.5. The third-order valence-electron chi connectivity index (χ3n) is 3.73. The summed E-state index contributed by atoms with van der Waals surface area (Å²) in [5.41, 5.74) is 0.813. The number of carbonyl (C=O) groups excluding carboxylic acids is 3. The first kappa shape index (κ1) is 17.8. The van der Waals surface area contributed by atoms with Gasteiger partial charge in [-0.3, -0.25) is 14.5 Å². The second-order valence-electron chi connectivity index (χ2n) is 5.53. The van der Waals surface area contributed by atoms with Gasteiger partial charge in [0.1, 0.15) is 5.75 Å². The zero-order valence-corrected chi connectivity index (χ0v) is 14.5. The van der Waals surface area contributed by atoms with Crippen LogP contribution in [0.1, 0.15) is 10.4 Å². The summed E-state index contributed by atoms with van der Waals surface area (Å²) in [6, 6.07) is 13.0. The minimum atomic E-state index is -0.482. The quantitative estimate of drug-likeness (QED) is 0.843. The van der Waals surface area contributed by atoms with E-state index >= 15 is 0 Å². The van der Waals surface area contributed by atoms with Crippen LogP contribution >= 0.6 is 11.6 Å². The van der Waals surface area contributed by atoms with Crippen LogP contribution in [0.4, 0.5) is 10.5 Å². The van der Waals surface area contributed by atoms with E-state index in [-0.39, 0.29) is 17.9 Å². The second kappa shape index (κ2) is 7.88. The highest BCUT2D eigenvalue weighted by Gasteiger charge is 2.26. The number of nitrogens with zero attached hydrogens (tertiary/aromatic N) is 1. The molecule has 2 aromatic rings. The lowest BCUT2D eigenvalue weighted by Gasteiger charge is -2.15. The molecule has 0 radical (unpaired) electrons. The largest absolute Gasteiger partial charge is 0.483 e. The summed E-state index contributed by atoms with van der Waals surface area (Å²) >= 11 is 5.99. The molecule has 134 valence electrons. The first-order chi connectivity index (χ1) is 12.5. The number of urea groups is 1. The molecule has 0 atom stereocenters. The number of anilines is 1. The molecule has 0 bridgehead atoms. The Hall–Kier alpha value is -3.06. The molecule has 2 N–H and O–H groups in total. The van der Waals surface area contributed by atoms with Crippen LogP contribution in [0.3, 0.4) is 0 Å². The Labute approximate surface area is 154 Å². The maximum atomic E-state index is 12.5. The summed E-state index contributed by atoms with van der Waals surface area (Å²) in [4.78, 5) is 37.2. The Balaban J connectivity index is 1.72. The summed E-state index contributed by atoms with van der Waals surface area (Å²) in [6.45, 7) is 0.347. The van der Waals surface area contributed by atoms with E-state index in [4.69, 9.17) is 16.3 Å². The number of benzene rings is 2. The van der Waals surface area contributed by atoms with Crippen molar-refractivity contribution in [3.8, 4) is 5.75 Å². The Kier molecular flexibility index (Phi) is 5.38. The van der Waals surface area contributed by atoms with Crippen LogP contribution in [0, 0.1) is 0 Å². The number of carbonyl (C=O) groups is 3. The van der Waals surface area contributed by atoms with Crippen LogP contribution < -0.4 is 15.4 Å². The van der Waals surface area contributed by atoms with E-state index in [1.54, 1.807) is 30.3 Å². The molecule has 0 aromatic heterocycles. The molecule has 0 saturated carbocycles. The van der Waals surface area contributed by atoms with Gasteiger partial charge in [-0.2, -0.15) is 0 Å². The summed E-state index contributed by atoms with van der Waals surface area (Å²) in [6.07, 6.45) is 0. The Bertz CT molecular complexity index is 842. The minimum Gasteiger partial charge on any atom is -0.483 e. The molecule has 0 aliphatic carbocycles. The summed E-state index contributed by atoms with van der Waals surface area (Å²) in [5.74, 6) is -0.694. The SMILES string of the molecule is O=C(Nc1ccccc1)c1cc(Cl)ccc1OCC(=O)N1CCNC1=O. The first-order valence-corrected chi connectivity index (χ1v) is 8.29. The molecule has 4 amide bonds. The van der Waals surface area contributed by atoms with Crippen molar-refractivity contribution in [3.05, 3.63) is 59.1 Å². The molecule has 7 nitrogen and oxygen atoms in total. The van der Waals surface area contributed by atoms with Crippen molar-refractivity contribution in [1.82, 2.24) is 10.2 Å². The van der Waals surface area contributed by atoms with Crippen LogP contribution in [0.5, 0.6) is 5.75 Å². The fourth-order valence-electron chi connectivity index (χ4n) is 2.45. The van der Waals surface area contributed by atoms with E-state index in [0.29, 0.717) is 23.8 Å². The van der Waals surface area contributed by atoms with Crippen molar-refractivity contribution in [2.24, 2.45) is 0 Å². The van der Waals surface area contributed by atoms with E-state index in [2.05, 4.69) is 10.6 Å². The van der Waals surface area contributed by atoms with Crippen molar-refractivity contribution in [2.45, 2.75) is 0 Å². The normalized spacial score (nSPS) is 13.3. The van der Waals surface area contributed by atoms with Gasteiger partial charge < -0.3 is 15.4 Å². The molecule has 1 aliphatic rings. The number of hydrogen-bond donors (Lipinski definition) is 2. The van der Waals surface area contributed by atoms with E-state index in [1.807, 2.05) is 6.07 Å². The van der Waals surface area contributed by atoms with E-state index in [1.165, 1.54) is 12.1 Å². The van der Waals surface area contributed by atoms with Crippen molar-refractivity contribution in [3.63, 3.8) is 0 Å². The molecule has 1 fully saturated rings. The van der Waals surface area contributed by atoms with Gasteiger partial charge in [0.2, 0.25) is 0 Å². The van der Waals surface area contributed by atoms with Gasteiger partial charge in [-0.05, 0) is 30.3 Å². The zero-order valence-electron chi connectivity index (χ0n) is 13.7. The lowest BCUT2D eigenvalue weighted by atomic mass is 10.2. The number of hydrogen-bond acceptors (Lipinski definition) is 4. The fraction of sp³-hybridized carbons (Fsp3) is 0.167. The Morgan fingerprint density at radius 1 is 1.19 bits per heavy atom. The highest BCUT2D eigenvalue weighted by molar-refractivity contribution is 6.31. The van der Waals surface area contributed by atoms with Gasteiger partial charge in [0.05, 0.1) is 5.56 Å². The van der Waals surface area contributed by atoms with Crippen molar-refractivity contribution in [2.75, 3.05) is 25.0 Å². The van der Waals surface area contributed by atoms with Crippen LogP contribution in [-0.4, -0.2) is 42.4 Å². The fourth-order valence-corrected chi connectivity index (χ4v) is 2.62. The van der Waals surface area contributed by atoms with Crippen LogP contribution in [0.2, 0.25) is 5.02 Å². The zero-order chi connectivity index (χ0) is 18.5. The van der Waals surface area contributed by atoms with Crippen molar-refractivity contribution < 1.29 is 19.1 Å². The minimum absolute atomic E-state index is 0.194. The number of ether oxygens (including phenoxy) is 1. The van der Waals surface area contributed by atoms with Crippen molar-refractivity contribution >= 4 is 35.1 Å². The molecule has 0 unspecified atom stereocenters. The summed E-state index contributed by atoms with van der Waals surface area (Å²) in [5, 5.41) is 5.64. The van der Waals surface area contributed by atoms with Gasteiger partial charge >= 0.3 is 6.03 Å². The smallest absolute Gasteiger partial charge is 0.324 e. The predicted octanol–water partition coefficient (Wildman–Crippen LogP) is 2.52. The third-order valence-corrected chi connectivity index (χ3v) is 3.96. The van der Waals surface area contributed by atoms with Gasteiger partial charge in [0.25, 0.3) is 11.8 Å². The van der Waals surface area contributed by atoms with E-state index < -0.39 is 17.8 Å². The molecule has 1 heterocycles. The number of imide groups is 1. The van der Waals surface area contributed by atoms with Gasteiger partial charge in [-0.15, -0.1) is 0 Å². The molecule has 26 heavy (non-hydrogen) atoms. The number of amides is 4. The third kappa shape index (κ3) is 4.12. The number of halogens is 1. The maximum Gasteiger partial charge on any atom is 0.324 e. The van der Waals surface area contributed by atoms with Gasteiger partial charge in [-0.25, -0.2) is 4.79 Å². The Morgan fingerprint density at radius 3 is 2.65 bits per heavy atom. The topological polar surface area (TPSA) is 87.7 Å². The van der Waals surface area contributed by atoms with Crippen molar-refractivity contribution in [1.29, 1.82) is 0 Å². The molecular weight excluding hydrogens is 358 g/mol. The monoisotopic (exact) mass is 373 g/mol. The summed E-state index contributed by atoms with van der Waals surface area (Å²) in [7, 11) is 0. The van der Waals surface area contributed by atoms with Gasteiger partial charge in [0.15, 0.2) is 6.61 Å².